The van der Waals surface area contributed by atoms with Gasteiger partial charge >= 0.3 is 0 Å². The molecule has 1 aliphatic rings. The predicted molar refractivity (Wildman–Crippen MR) is 113 cm³/mol. The molecule has 0 aliphatic carbocycles. The van der Waals surface area contributed by atoms with Gasteiger partial charge in [0.15, 0.2) is 0 Å². The van der Waals surface area contributed by atoms with E-state index in [4.69, 9.17) is 4.98 Å². The molecule has 4 rings (SSSR count). The van der Waals surface area contributed by atoms with Crippen LogP contribution in [0.3, 0.4) is 0 Å². The fourth-order valence-electron chi connectivity index (χ4n) is 3.80. The Morgan fingerprint density at radius 3 is 2.93 bits per heavy atom. The first-order valence-corrected chi connectivity index (χ1v) is 10.3. The van der Waals surface area contributed by atoms with E-state index in [1.165, 1.54) is 5.56 Å². The maximum atomic E-state index is 12.6. The van der Waals surface area contributed by atoms with Gasteiger partial charge in [0.2, 0.25) is 0 Å². The van der Waals surface area contributed by atoms with E-state index in [0.29, 0.717) is 17.9 Å². The summed E-state index contributed by atoms with van der Waals surface area (Å²) in [6.45, 7) is 0.731. The van der Waals surface area contributed by atoms with Crippen LogP contribution in [-0.4, -0.2) is 39.7 Å². The minimum Gasteiger partial charge on any atom is -0.341 e. The molecule has 146 valence electrons. The highest BCUT2D eigenvalue weighted by atomic mass is 32.2. The first-order chi connectivity index (χ1) is 13.6. The van der Waals surface area contributed by atoms with Crippen molar-refractivity contribution < 1.29 is 8.68 Å². The number of halogens is 1. The van der Waals surface area contributed by atoms with Gasteiger partial charge in [-0.1, -0.05) is 12.1 Å². The monoisotopic (exact) mass is 398 g/mol. The van der Waals surface area contributed by atoms with E-state index >= 15 is 0 Å². The Labute approximate surface area is 168 Å². The van der Waals surface area contributed by atoms with E-state index < -0.39 is 0 Å². The Morgan fingerprint density at radius 2 is 2.11 bits per heavy atom. The molecule has 1 amide bonds. The number of nitrogens with zero attached hydrogens (tertiary/aromatic N) is 3. The smallest absolute Gasteiger partial charge is 0.256 e. The molecule has 28 heavy (non-hydrogen) atoms. The summed E-state index contributed by atoms with van der Waals surface area (Å²) < 4.78 is 14.3. The van der Waals surface area contributed by atoms with Crippen molar-refractivity contribution in [3.05, 3.63) is 53.2 Å². The Balaban J connectivity index is 1.62. The molecule has 1 aliphatic heterocycles. The fraction of sp³-hybridized carbons (Fsp3) is 0.333. The molecule has 3 heterocycles. The van der Waals surface area contributed by atoms with E-state index in [0.717, 1.165) is 59.6 Å². The topological polar surface area (TPSA) is 50.2 Å². The van der Waals surface area contributed by atoms with E-state index in [-0.39, 0.29) is 5.91 Å². The van der Waals surface area contributed by atoms with Crippen LogP contribution in [0.2, 0.25) is 0 Å². The molecular formula is C21H23FN4OS. The van der Waals surface area contributed by atoms with Gasteiger partial charge < -0.3 is 14.8 Å². The van der Waals surface area contributed by atoms with Gasteiger partial charge in [-0.3, -0.25) is 4.79 Å². The van der Waals surface area contributed by atoms with Crippen LogP contribution in [0, 0.1) is 0 Å². The second-order valence-corrected chi connectivity index (χ2v) is 7.79. The summed E-state index contributed by atoms with van der Waals surface area (Å²) in [7, 11) is 3.81. The number of carbonyl (C=O) groups excluding carboxylic acids is 1. The summed E-state index contributed by atoms with van der Waals surface area (Å²) in [5.74, 6) is 1.32. The van der Waals surface area contributed by atoms with Gasteiger partial charge in [-0.15, -0.1) is 0 Å². The minimum absolute atomic E-state index is 0.0634. The first kappa shape index (κ1) is 18.8. The van der Waals surface area contributed by atoms with Gasteiger partial charge in [-0.25, -0.2) is 4.98 Å². The molecule has 2 aromatic heterocycles. The number of rotatable bonds is 6. The van der Waals surface area contributed by atoms with Crippen LogP contribution in [0.15, 0.2) is 36.4 Å². The molecule has 0 unspecified atom stereocenters. The standard InChI is InChI=1S/C21H23FN4OS/c1-25-11-10-17-19(21(25)27)16-8-9-18(24-20(16)26(17)2)23-15-7-3-5-14(13-15)6-4-12-28-22/h3,5,7-9,13H,4,6,10-12H2,1-2H3,(H,23,24). The number of pyridine rings is 1. The molecule has 0 saturated heterocycles. The quantitative estimate of drug-likeness (QED) is 0.622. The second kappa shape index (κ2) is 7.83. The van der Waals surface area contributed by atoms with Crippen LogP contribution in [0.25, 0.3) is 11.0 Å². The van der Waals surface area contributed by atoms with E-state index in [1.807, 2.05) is 42.9 Å². The number of amides is 1. The van der Waals surface area contributed by atoms with Crippen molar-refractivity contribution in [3.63, 3.8) is 0 Å². The number of likely N-dealkylation sites (N-methyl/N-ethyl adjacent to an activating group) is 1. The first-order valence-electron chi connectivity index (χ1n) is 9.41. The third-order valence-corrected chi connectivity index (χ3v) is 5.73. The van der Waals surface area contributed by atoms with E-state index in [1.54, 1.807) is 4.90 Å². The Hall–Kier alpha value is -2.54. The van der Waals surface area contributed by atoms with E-state index in [9.17, 15) is 8.68 Å². The van der Waals surface area contributed by atoms with E-state index in [2.05, 4.69) is 17.4 Å². The summed E-state index contributed by atoms with van der Waals surface area (Å²) >= 11 is 0.387. The number of fused-ring (bicyclic) bond motifs is 3. The number of aryl methyl sites for hydroxylation is 2. The number of aromatic nitrogens is 2. The third kappa shape index (κ3) is 3.46. The number of hydrogen-bond donors (Lipinski definition) is 1. The molecule has 0 bridgehead atoms. The summed E-state index contributed by atoms with van der Waals surface area (Å²) in [6.07, 6.45) is 2.50. The summed E-state index contributed by atoms with van der Waals surface area (Å²) in [6, 6.07) is 12.0. The number of carbonyl (C=O) groups is 1. The zero-order chi connectivity index (χ0) is 19.7. The van der Waals surface area contributed by atoms with Crippen LogP contribution in [0.5, 0.6) is 0 Å². The van der Waals surface area contributed by atoms with Crippen molar-refractivity contribution in [2.75, 3.05) is 24.7 Å². The summed E-state index contributed by atoms with van der Waals surface area (Å²) in [5.41, 5.74) is 4.76. The van der Waals surface area contributed by atoms with Crippen molar-refractivity contribution >= 4 is 40.6 Å². The maximum absolute atomic E-state index is 12.6. The highest BCUT2D eigenvalue weighted by molar-refractivity contribution is 7.94. The maximum Gasteiger partial charge on any atom is 0.256 e. The summed E-state index contributed by atoms with van der Waals surface area (Å²) in [4.78, 5) is 19.1. The van der Waals surface area contributed by atoms with Gasteiger partial charge in [0.25, 0.3) is 5.91 Å². The van der Waals surface area contributed by atoms with Crippen molar-refractivity contribution in [3.8, 4) is 0 Å². The molecule has 0 saturated carbocycles. The molecule has 1 aromatic carbocycles. The van der Waals surface area contributed by atoms with Gasteiger partial charge in [0.05, 0.1) is 5.56 Å². The minimum atomic E-state index is 0.0634. The molecule has 5 nitrogen and oxygen atoms in total. The lowest BCUT2D eigenvalue weighted by Gasteiger charge is -2.23. The van der Waals surface area contributed by atoms with Gasteiger partial charge in [0.1, 0.15) is 11.5 Å². The molecule has 3 aromatic rings. The van der Waals surface area contributed by atoms with Crippen molar-refractivity contribution in [2.45, 2.75) is 19.3 Å². The number of benzene rings is 1. The van der Waals surface area contributed by atoms with Crippen LogP contribution in [0.1, 0.15) is 28.0 Å². The number of hydrogen-bond acceptors (Lipinski definition) is 4. The lowest BCUT2D eigenvalue weighted by molar-refractivity contribution is 0.0781. The number of anilines is 2. The van der Waals surface area contributed by atoms with Gasteiger partial charge in [0, 0.05) is 61.7 Å². The highest BCUT2D eigenvalue weighted by Gasteiger charge is 2.28. The molecule has 0 fully saturated rings. The van der Waals surface area contributed by atoms with Crippen LogP contribution >= 0.6 is 12.1 Å². The second-order valence-electron chi connectivity index (χ2n) is 7.17. The van der Waals surface area contributed by atoms with Crippen LogP contribution in [-0.2, 0) is 19.9 Å². The Bertz CT molecular complexity index is 1030. The molecule has 7 heteroatoms. The molecule has 0 atom stereocenters. The van der Waals surface area contributed by atoms with Crippen molar-refractivity contribution in [2.24, 2.45) is 7.05 Å². The zero-order valence-electron chi connectivity index (χ0n) is 16.0. The average Bonchev–Trinajstić information content (AvgIpc) is 2.98. The highest BCUT2D eigenvalue weighted by Crippen LogP contribution is 2.30. The third-order valence-electron chi connectivity index (χ3n) is 5.29. The van der Waals surface area contributed by atoms with Crippen molar-refractivity contribution in [1.82, 2.24) is 14.5 Å². The fourth-order valence-corrected chi connectivity index (χ4v) is 4.05. The Morgan fingerprint density at radius 1 is 1.25 bits per heavy atom. The lowest BCUT2D eigenvalue weighted by Crippen LogP contribution is -2.34. The molecule has 1 N–H and O–H groups in total. The molecule has 0 radical (unpaired) electrons. The summed E-state index contributed by atoms with van der Waals surface area (Å²) in [5, 5.41) is 4.26. The van der Waals surface area contributed by atoms with Gasteiger partial charge in [-0.2, -0.15) is 3.89 Å². The van der Waals surface area contributed by atoms with Gasteiger partial charge in [-0.05, 0) is 42.7 Å². The van der Waals surface area contributed by atoms with Crippen LogP contribution in [0.4, 0.5) is 15.4 Å². The largest absolute Gasteiger partial charge is 0.341 e. The zero-order valence-corrected chi connectivity index (χ0v) is 16.9. The molecule has 0 spiro atoms. The van der Waals surface area contributed by atoms with Crippen LogP contribution < -0.4 is 5.32 Å². The Kier molecular flexibility index (Phi) is 5.26. The lowest BCUT2D eigenvalue weighted by atomic mass is 10.0. The van der Waals surface area contributed by atoms with Crippen molar-refractivity contribution in [1.29, 1.82) is 0 Å². The number of nitrogens with one attached hydrogen (secondary N) is 1. The average molecular weight is 399 g/mol. The normalized spacial score (nSPS) is 13.8. The molecular weight excluding hydrogens is 375 g/mol. The SMILES string of the molecule is CN1CCc2c(c3ccc(Nc4cccc(CCCSF)c4)nc3n2C)C1=O. The predicted octanol–water partition coefficient (Wildman–Crippen LogP) is 4.50.